The molecule has 6 heterocycles. The maximum atomic E-state index is 13.4. The molecule has 654 valence electrons. The standard InChI is InChI=1S/2C27H29F6N5O3.C26H26F6N4O3/c2*1-17(19-11-21(26(28,29)30)13-22(12-19)27(31,32)33)41-15-24(20-7-5-4-6-8-20)9-10-25(14-34-24,18(2)37-40-3)38-16-35-36-23(38)39;1-16(18-10-20(25(27,28)29)12-21(11-18)26(30,31)32)39-14-23(19-6-4-3-5-7-19)8-9-24(13-33-23,17(2)37)36-15-34-35-22(36)38/h2*4-8,11-13,16-17,34H,9-10,14-15H2,1-3H3,(H,36,39);3-7,10-12,15-16,33H,8-9,13-14H2,1-2H3,(H,35,38)/b2*37-18+;/t2*17-,24-,25+;16-,23-,24+/m111/s1. The van der Waals surface area contributed by atoms with Gasteiger partial charge in [-0.2, -0.15) is 94.3 Å². The van der Waals surface area contributed by atoms with E-state index in [4.69, 9.17) is 23.9 Å². The lowest BCUT2D eigenvalue weighted by Crippen LogP contribution is -2.62. The van der Waals surface area contributed by atoms with Crippen molar-refractivity contribution in [2.75, 3.05) is 53.7 Å². The van der Waals surface area contributed by atoms with Gasteiger partial charge in [-0.15, -0.1) is 0 Å². The van der Waals surface area contributed by atoms with Crippen LogP contribution in [-0.2, 0) is 99.0 Å². The molecule has 6 aromatic carbocycles. The van der Waals surface area contributed by atoms with Gasteiger partial charge in [-0.3, -0.25) is 18.5 Å². The van der Waals surface area contributed by atoms with Crippen molar-refractivity contribution in [3.05, 3.63) is 263 Å². The van der Waals surface area contributed by atoms with Crippen molar-refractivity contribution in [1.29, 1.82) is 0 Å². The summed E-state index contributed by atoms with van der Waals surface area (Å²) in [5, 5.41) is 36.8. The van der Waals surface area contributed by atoms with E-state index in [1.54, 1.807) is 44.2 Å². The number of aromatic amines is 3. The largest absolute Gasteiger partial charge is 0.416 e. The minimum atomic E-state index is -4.98. The van der Waals surface area contributed by atoms with Crippen LogP contribution in [0.25, 0.3) is 0 Å². The molecule has 9 aromatic rings. The highest BCUT2D eigenvalue weighted by atomic mass is 19.4. The molecular weight excluding hydrogens is 1640 g/mol. The molecule has 3 fully saturated rings. The Bertz CT molecular complexity index is 4930. The first-order chi connectivity index (χ1) is 56.6. The first-order valence-electron chi connectivity index (χ1n) is 37.3. The molecule has 41 heteroatoms. The van der Waals surface area contributed by atoms with E-state index in [-0.39, 0.29) is 93.0 Å². The lowest BCUT2D eigenvalue weighted by molar-refractivity contribution is -0.145. The minimum absolute atomic E-state index is 0.0101. The fourth-order valence-corrected chi connectivity index (χ4v) is 15.3. The molecule has 0 saturated carbocycles. The van der Waals surface area contributed by atoms with Crippen LogP contribution in [0.4, 0.5) is 79.0 Å². The van der Waals surface area contributed by atoms with Gasteiger partial charge in [-0.05, 0) is 168 Å². The smallest absolute Gasteiger partial charge is 0.399 e. The Morgan fingerprint density at radius 3 is 0.802 bits per heavy atom. The number of carbonyl (C=O) groups is 1. The maximum Gasteiger partial charge on any atom is 0.416 e. The number of hydrogen-bond acceptors (Lipinski definition) is 17. The third-order valence-electron chi connectivity index (χ3n) is 22.5. The van der Waals surface area contributed by atoms with Crippen LogP contribution in [0.5, 0.6) is 0 Å². The molecule has 12 rings (SSSR count). The van der Waals surface area contributed by atoms with E-state index in [9.17, 15) is 98.2 Å². The number of hydrogen-bond donors (Lipinski definition) is 6. The van der Waals surface area contributed by atoms with Crippen molar-refractivity contribution in [3.63, 3.8) is 0 Å². The van der Waals surface area contributed by atoms with E-state index in [2.05, 4.69) is 56.9 Å². The van der Waals surface area contributed by atoms with Crippen LogP contribution in [0.2, 0.25) is 0 Å². The van der Waals surface area contributed by atoms with Crippen molar-refractivity contribution in [2.24, 2.45) is 10.3 Å². The Morgan fingerprint density at radius 1 is 0.380 bits per heavy atom. The molecule has 3 aliphatic heterocycles. The molecule has 121 heavy (non-hydrogen) atoms. The summed E-state index contributed by atoms with van der Waals surface area (Å²) in [5.41, 5.74) is -13.3. The zero-order chi connectivity index (χ0) is 88.7. The second-order valence-electron chi connectivity index (χ2n) is 29.7. The van der Waals surface area contributed by atoms with Gasteiger partial charge in [0.25, 0.3) is 0 Å². The number of H-pyrrole nitrogens is 3. The van der Waals surface area contributed by atoms with Crippen molar-refractivity contribution in [2.45, 2.75) is 169 Å². The Morgan fingerprint density at radius 2 is 0.612 bits per heavy atom. The molecule has 0 aliphatic carbocycles. The third kappa shape index (κ3) is 20.6. The van der Waals surface area contributed by atoms with Gasteiger partial charge < -0.3 is 39.8 Å². The van der Waals surface area contributed by atoms with E-state index >= 15 is 0 Å². The second-order valence-corrected chi connectivity index (χ2v) is 29.7. The topological polar surface area (TPSA) is 276 Å². The number of rotatable bonds is 23. The lowest BCUT2D eigenvalue weighted by Gasteiger charge is -2.47. The minimum Gasteiger partial charge on any atom is -0.399 e. The average molecular weight is 1730 g/mol. The number of Topliss-reactive ketones (excluding diaryl/α,β-unsaturated/α-hetero) is 1. The second kappa shape index (κ2) is 36.1. The number of carbonyl (C=O) groups excluding carboxylic acids is 1. The number of nitrogens with one attached hydrogen (secondary N) is 6. The summed E-state index contributed by atoms with van der Waals surface area (Å²) in [6.45, 7) is 9.00. The van der Waals surface area contributed by atoms with E-state index in [0.29, 0.717) is 73.5 Å². The van der Waals surface area contributed by atoms with Crippen LogP contribution >= 0.6 is 0 Å². The van der Waals surface area contributed by atoms with Gasteiger partial charge in [0.2, 0.25) is 0 Å². The quantitative estimate of drug-likeness (QED) is 0.0197. The van der Waals surface area contributed by atoms with Crippen molar-refractivity contribution < 1.29 is 108 Å². The third-order valence-corrected chi connectivity index (χ3v) is 22.5. The highest BCUT2D eigenvalue weighted by Crippen LogP contribution is 2.47. The molecule has 3 saturated heterocycles. The summed E-state index contributed by atoms with van der Waals surface area (Å²) >= 11 is 0. The number of ketones is 1. The van der Waals surface area contributed by atoms with E-state index in [1.165, 1.54) is 74.6 Å². The number of benzene rings is 6. The van der Waals surface area contributed by atoms with Gasteiger partial charge in [-0.25, -0.2) is 29.7 Å². The number of piperidine rings is 3. The van der Waals surface area contributed by atoms with Gasteiger partial charge in [0.05, 0.1) is 99.6 Å². The summed E-state index contributed by atoms with van der Waals surface area (Å²) in [6, 6.07) is 31.4. The number of alkyl halides is 18. The Balaban J connectivity index is 0.000000191. The molecule has 3 aliphatic rings. The zero-order valence-corrected chi connectivity index (χ0v) is 65.9. The molecule has 9 atom stereocenters. The highest BCUT2D eigenvalue weighted by molar-refractivity contribution is 5.90. The molecule has 0 radical (unpaired) electrons. The molecule has 0 unspecified atom stereocenters. The zero-order valence-electron chi connectivity index (χ0n) is 65.9. The van der Waals surface area contributed by atoms with Crippen LogP contribution in [0.3, 0.4) is 0 Å². The number of oxime groups is 2. The maximum absolute atomic E-state index is 13.4. The van der Waals surface area contributed by atoms with Gasteiger partial charge in [0.15, 0.2) is 5.78 Å². The molecule has 0 bridgehead atoms. The number of halogens is 18. The Labute approximate surface area is 678 Å². The summed E-state index contributed by atoms with van der Waals surface area (Å²) in [7, 11) is 2.76. The summed E-state index contributed by atoms with van der Waals surface area (Å²) in [5.74, 6) is -0.280. The lowest BCUT2D eigenvalue weighted by atomic mass is 9.74. The van der Waals surface area contributed by atoms with Crippen LogP contribution in [0.1, 0.15) is 165 Å². The number of nitrogens with zero attached hydrogens (tertiary/aromatic N) is 8. The monoisotopic (exact) mass is 1730 g/mol. The number of aromatic nitrogens is 9. The normalized spacial score (nSPS) is 22.9. The van der Waals surface area contributed by atoms with Crippen molar-refractivity contribution in [3.8, 4) is 0 Å². The summed E-state index contributed by atoms with van der Waals surface area (Å²) in [4.78, 5) is 60.1. The molecule has 23 nitrogen and oxygen atoms in total. The highest BCUT2D eigenvalue weighted by Gasteiger charge is 2.53. The first kappa shape index (κ1) is 92.5. The number of ether oxygens (including phenoxy) is 3. The fraction of sp³-hybridized carbons (Fsp3) is 0.438. The predicted octanol–water partition coefficient (Wildman–Crippen LogP) is 15.7. The fourth-order valence-electron chi connectivity index (χ4n) is 15.3. The Hall–Kier alpha value is -10.8. The van der Waals surface area contributed by atoms with Crippen molar-refractivity contribution in [1.82, 2.24) is 60.2 Å². The van der Waals surface area contributed by atoms with Crippen LogP contribution in [-0.4, -0.2) is 115 Å². The van der Waals surface area contributed by atoms with Gasteiger partial charge in [0.1, 0.15) is 49.8 Å². The molecular formula is C80H84F18N14O9. The van der Waals surface area contributed by atoms with E-state index in [0.717, 1.165) is 16.7 Å². The SMILES string of the molecule is CC(=O)[C@]1(n2cn[nH]c2=O)CC[C@@](CO[C@H](C)c2cc(C(F)(F)F)cc(C(F)(F)F)c2)(c2ccccc2)NC1.CO/N=C(\C)[C@]1(n2cn[nH]c2=O)CC[C@@](CO[C@H](C)c2cc(C(F)(F)F)cc(C(F)(F)F)c2)(c2ccccc2)NC1.CO/N=C(\C)[C@]1(n2cn[nH]c2=O)CC[C@@](CO[C@H](C)c2cc(C(F)(F)F)cc(C(F)(F)F)c2)(c2ccccc2)NC1. The van der Waals surface area contributed by atoms with Crippen molar-refractivity contribution >= 4 is 17.2 Å². The first-order valence-corrected chi connectivity index (χ1v) is 37.3. The van der Waals surface area contributed by atoms with E-state index < -0.39 is 139 Å². The van der Waals surface area contributed by atoms with Crippen LogP contribution in [0, 0.1) is 0 Å². The average Bonchev–Trinajstić information content (AvgIpc) is 1.74. The van der Waals surface area contributed by atoms with Gasteiger partial charge in [-0.1, -0.05) is 101 Å². The van der Waals surface area contributed by atoms with Crippen LogP contribution in [0.15, 0.2) is 189 Å². The van der Waals surface area contributed by atoms with Crippen LogP contribution < -0.4 is 33.0 Å². The Kier molecular flexibility index (Phi) is 27.6. The molecule has 0 amide bonds. The molecule has 3 aromatic heterocycles. The molecule has 6 N–H and O–H groups in total. The summed E-state index contributed by atoms with van der Waals surface area (Å²) < 4.78 is 263. The molecule has 0 spiro atoms. The predicted molar refractivity (Wildman–Crippen MR) is 402 cm³/mol. The van der Waals surface area contributed by atoms with Gasteiger partial charge >= 0.3 is 54.1 Å². The van der Waals surface area contributed by atoms with E-state index in [1.807, 2.05) is 60.7 Å². The summed E-state index contributed by atoms with van der Waals surface area (Å²) in [6.07, 6.45) is -27.4. The van der Waals surface area contributed by atoms with Gasteiger partial charge in [0, 0.05) is 19.6 Å².